The summed E-state index contributed by atoms with van der Waals surface area (Å²) in [5.74, 6) is 1.13. The number of aliphatic hydroxyl groups excluding tert-OH is 1. The topological polar surface area (TPSA) is 23.5 Å². The molecule has 1 N–H and O–H groups in total. The number of halogens is 1. The summed E-state index contributed by atoms with van der Waals surface area (Å²) in [5.41, 5.74) is 0.899. The molecule has 0 aliphatic carbocycles. The average molecular weight is 274 g/mol. The molecule has 0 amide bonds. The lowest BCUT2D eigenvalue weighted by atomic mass is 10.1. The molecule has 1 atom stereocenters. The van der Waals surface area contributed by atoms with Crippen molar-refractivity contribution in [2.24, 2.45) is 0 Å². The average Bonchev–Trinajstić information content (AvgIpc) is 2.33. The molecule has 1 aromatic rings. The van der Waals surface area contributed by atoms with Gasteiger partial charge >= 0.3 is 0 Å². The van der Waals surface area contributed by atoms with Gasteiger partial charge in [0.25, 0.3) is 0 Å². The standard InChI is InChI=1S/C13H20ClNOS/c1-15(8-9-17-2)7-6-13(16)11-4-3-5-12(14)10-11/h3-5,10,13,16H,6-9H2,1-2H3. The molecule has 17 heavy (non-hydrogen) atoms. The molecular weight excluding hydrogens is 254 g/mol. The number of aliphatic hydroxyl groups is 1. The number of benzene rings is 1. The van der Waals surface area contributed by atoms with Crippen LogP contribution in [0.1, 0.15) is 18.1 Å². The van der Waals surface area contributed by atoms with Crippen molar-refractivity contribution >= 4 is 23.4 Å². The molecule has 1 aromatic carbocycles. The molecule has 1 rings (SSSR count). The molecule has 0 aliphatic rings. The Bertz CT molecular complexity index is 335. The van der Waals surface area contributed by atoms with Crippen molar-refractivity contribution in [3.63, 3.8) is 0 Å². The van der Waals surface area contributed by atoms with Gasteiger partial charge in [-0.25, -0.2) is 0 Å². The lowest BCUT2D eigenvalue weighted by Gasteiger charge is -2.18. The minimum Gasteiger partial charge on any atom is -0.388 e. The van der Waals surface area contributed by atoms with E-state index in [0.29, 0.717) is 5.02 Å². The molecule has 0 radical (unpaired) electrons. The van der Waals surface area contributed by atoms with E-state index in [-0.39, 0.29) is 0 Å². The van der Waals surface area contributed by atoms with E-state index in [0.717, 1.165) is 30.8 Å². The summed E-state index contributed by atoms with van der Waals surface area (Å²) in [6, 6.07) is 7.44. The van der Waals surface area contributed by atoms with Crippen LogP contribution in [0.2, 0.25) is 5.02 Å². The Morgan fingerprint density at radius 1 is 1.41 bits per heavy atom. The second kappa shape index (κ2) is 7.98. The second-order valence-corrected chi connectivity index (χ2v) is 5.58. The third-order valence-corrected chi connectivity index (χ3v) is 3.52. The van der Waals surface area contributed by atoms with Crippen LogP contribution in [-0.4, -0.2) is 42.2 Å². The van der Waals surface area contributed by atoms with Gasteiger partial charge in [-0.05, 0) is 37.4 Å². The predicted octanol–water partition coefficient (Wildman–Crippen LogP) is 3.06. The van der Waals surface area contributed by atoms with Crippen LogP contribution in [0.3, 0.4) is 0 Å². The van der Waals surface area contributed by atoms with E-state index in [1.165, 1.54) is 0 Å². The highest BCUT2D eigenvalue weighted by atomic mass is 35.5. The van der Waals surface area contributed by atoms with E-state index < -0.39 is 6.10 Å². The fraction of sp³-hybridized carbons (Fsp3) is 0.538. The van der Waals surface area contributed by atoms with Crippen LogP contribution in [0.5, 0.6) is 0 Å². The summed E-state index contributed by atoms with van der Waals surface area (Å²) in [7, 11) is 2.08. The van der Waals surface area contributed by atoms with Gasteiger partial charge in [0.05, 0.1) is 6.10 Å². The fourth-order valence-corrected chi connectivity index (χ4v) is 2.28. The SMILES string of the molecule is CSCCN(C)CCC(O)c1cccc(Cl)c1. The Morgan fingerprint density at radius 2 is 2.18 bits per heavy atom. The first kappa shape index (κ1) is 14.8. The molecule has 96 valence electrons. The summed E-state index contributed by atoms with van der Waals surface area (Å²) < 4.78 is 0. The molecule has 0 aliphatic heterocycles. The molecule has 2 nitrogen and oxygen atoms in total. The zero-order valence-corrected chi connectivity index (χ0v) is 12.0. The highest BCUT2D eigenvalue weighted by Gasteiger charge is 2.09. The Labute approximate surface area is 113 Å². The molecule has 4 heteroatoms. The van der Waals surface area contributed by atoms with E-state index in [9.17, 15) is 5.11 Å². The Balaban J connectivity index is 2.36. The van der Waals surface area contributed by atoms with E-state index in [1.54, 1.807) is 0 Å². The first-order valence-corrected chi connectivity index (χ1v) is 7.51. The lowest BCUT2D eigenvalue weighted by molar-refractivity contribution is 0.150. The van der Waals surface area contributed by atoms with Crippen LogP contribution < -0.4 is 0 Å². The van der Waals surface area contributed by atoms with Gasteiger partial charge in [-0.2, -0.15) is 11.8 Å². The van der Waals surface area contributed by atoms with Crippen molar-refractivity contribution in [1.82, 2.24) is 4.90 Å². The van der Waals surface area contributed by atoms with E-state index >= 15 is 0 Å². The van der Waals surface area contributed by atoms with E-state index in [4.69, 9.17) is 11.6 Å². The first-order chi connectivity index (χ1) is 8.13. The van der Waals surface area contributed by atoms with Gasteiger partial charge in [-0.3, -0.25) is 0 Å². The summed E-state index contributed by atoms with van der Waals surface area (Å²) in [4.78, 5) is 2.24. The monoisotopic (exact) mass is 273 g/mol. The highest BCUT2D eigenvalue weighted by Crippen LogP contribution is 2.20. The van der Waals surface area contributed by atoms with Crippen LogP contribution in [0, 0.1) is 0 Å². The number of rotatable bonds is 7. The molecule has 0 spiro atoms. The number of nitrogens with zero attached hydrogens (tertiary/aromatic N) is 1. The Hall–Kier alpha value is -0.220. The highest BCUT2D eigenvalue weighted by molar-refractivity contribution is 7.98. The normalized spacial score (nSPS) is 13.0. The summed E-state index contributed by atoms with van der Waals surface area (Å²) in [5, 5.41) is 10.7. The van der Waals surface area contributed by atoms with Crippen LogP contribution in [0.15, 0.2) is 24.3 Å². The van der Waals surface area contributed by atoms with Crippen molar-refractivity contribution in [2.75, 3.05) is 32.1 Å². The van der Waals surface area contributed by atoms with Crippen molar-refractivity contribution in [3.05, 3.63) is 34.9 Å². The molecule has 0 bridgehead atoms. The van der Waals surface area contributed by atoms with Gasteiger partial charge in [0, 0.05) is 23.9 Å². The minimum absolute atomic E-state index is 0.426. The zero-order chi connectivity index (χ0) is 12.7. The maximum atomic E-state index is 10.0. The lowest BCUT2D eigenvalue weighted by Crippen LogP contribution is -2.23. The molecule has 1 unspecified atom stereocenters. The summed E-state index contributed by atoms with van der Waals surface area (Å²) in [6.45, 7) is 1.96. The predicted molar refractivity (Wildman–Crippen MR) is 76.9 cm³/mol. The van der Waals surface area contributed by atoms with Gasteiger partial charge in [-0.1, -0.05) is 23.7 Å². The molecule has 0 saturated heterocycles. The smallest absolute Gasteiger partial charge is 0.0802 e. The van der Waals surface area contributed by atoms with Crippen molar-refractivity contribution < 1.29 is 5.11 Å². The van der Waals surface area contributed by atoms with E-state index in [2.05, 4.69) is 18.2 Å². The van der Waals surface area contributed by atoms with Crippen LogP contribution in [0.25, 0.3) is 0 Å². The van der Waals surface area contributed by atoms with Crippen LogP contribution >= 0.6 is 23.4 Å². The van der Waals surface area contributed by atoms with Gasteiger partial charge in [0.15, 0.2) is 0 Å². The van der Waals surface area contributed by atoms with Gasteiger partial charge < -0.3 is 10.0 Å². The van der Waals surface area contributed by atoms with Crippen molar-refractivity contribution in [3.8, 4) is 0 Å². The third kappa shape index (κ3) is 5.77. The number of hydrogen-bond donors (Lipinski definition) is 1. The number of thioether (sulfide) groups is 1. The number of hydrogen-bond acceptors (Lipinski definition) is 3. The molecule has 0 saturated carbocycles. The summed E-state index contributed by atoms with van der Waals surface area (Å²) in [6.07, 6.45) is 2.42. The Morgan fingerprint density at radius 3 is 2.82 bits per heavy atom. The third-order valence-electron chi connectivity index (χ3n) is 2.69. The maximum Gasteiger partial charge on any atom is 0.0802 e. The molecule has 0 fully saturated rings. The molecular formula is C13H20ClNOS. The first-order valence-electron chi connectivity index (χ1n) is 5.74. The van der Waals surface area contributed by atoms with Gasteiger partial charge in [-0.15, -0.1) is 0 Å². The molecule has 0 aromatic heterocycles. The van der Waals surface area contributed by atoms with Gasteiger partial charge in [0.1, 0.15) is 0 Å². The zero-order valence-electron chi connectivity index (χ0n) is 10.4. The van der Waals surface area contributed by atoms with Crippen molar-refractivity contribution in [2.45, 2.75) is 12.5 Å². The summed E-state index contributed by atoms with van der Waals surface area (Å²) >= 11 is 7.74. The van der Waals surface area contributed by atoms with Crippen molar-refractivity contribution in [1.29, 1.82) is 0 Å². The largest absolute Gasteiger partial charge is 0.388 e. The quantitative estimate of drug-likeness (QED) is 0.826. The van der Waals surface area contributed by atoms with Crippen LogP contribution in [-0.2, 0) is 0 Å². The maximum absolute atomic E-state index is 10.0. The minimum atomic E-state index is -0.426. The van der Waals surface area contributed by atoms with E-state index in [1.807, 2.05) is 36.0 Å². The Kier molecular flexibility index (Phi) is 6.97. The van der Waals surface area contributed by atoms with Crippen LogP contribution in [0.4, 0.5) is 0 Å². The fourth-order valence-electron chi connectivity index (χ4n) is 1.58. The molecule has 0 heterocycles. The van der Waals surface area contributed by atoms with Gasteiger partial charge in [0.2, 0.25) is 0 Å². The second-order valence-electron chi connectivity index (χ2n) is 4.16.